The Hall–Kier alpha value is -3.09. The van der Waals surface area contributed by atoms with E-state index in [0.29, 0.717) is 26.4 Å². The number of ether oxygens (including phenoxy) is 2. The molecule has 6 heteroatoms. The molecule has 0 N–H and O–H groups in total. The molecule has 5 rings (SSSR count). The molecule has 0 unspecified atom stereocenters. The molecule has 1 saturated heterocycles. The maximum absolute atomic E-state index is 5.71. The van der Waals surface area contributed by atoms with Crippen molar-refractivity contribution in [3.8, 4) is 22.5 Å². The van der Waals surface area contributed by atoms with Crippen LogP contribution in [0.3, 0.4) is 0 Å². The van der Waals surface area contributed by atoms with Crippen LogP contribution in [0.15, 0.2) is 67.0 Å². The summed E-state index contributed by atoms with van der Waals surface area (Å²) in [6.07, 6.45) is 3.86. The Labute approximate surface area is 162 Å². The lowest BCUT2D eigenvalue weighted by molar-refractivity contribution is -0.0946. The van der Waals surface area contributed by atoms with E-state index in [1.807, 2.05) is 59.5 Å². The van der Waals surface area contributed by atoms with Gasteiger partial charge in [0, 0.05) is 17.3 Å². The molecule has 1 aliphatic rings. The number of aromatic nitrogens is 4. The van der Waals surface area contributed by atoms with E-state index in [9.17, 15) is 0 Å². The third-order valence-corrected chi connectivity index (χ3v) is 4.82. The quantitative estimate of drug-likeness (QED) is 0.548. The van der Waals surface area contributed by atoms with E-state index in [2.05, 4.69) is 17.1 Å². The highest BCUT2D eigenvalue weighted by Crippen LogP contribution is 2.25. The molecule has 1 fully saturated rings. The van der Waals surface area contributed by atoms with Gasteiger partial charge in [0.1, 0.15) is 6.10 Å². The van der Waals surface area contributed by atoms with Crippen LogP contribution in [-0.2, 0) is 16.0 Å². The zero-order chi connectivity index (χ0) is 18.8. The van der Waals surface area contributed by atoms with Crippen LogP contribution in [0.1, 0.15) is 0 Å². The predicted octanol–water partition coefficient (Wildman–Crippen LogP) is 3.58. The summed E-state index contributed by atoms with van der Waals surface area (Å²) in [4.78, 5) is 9.27. The highest BCUT2D eigenvalue weighted by molar-refractivity contribution is 5.78. The first-order valence-electron chi connectivity index (χ1n) is 9.40. The summed E-state index contributed by atoms with van der Waals surface area (Å²) in [5.41, 5.74) is 5.64. The lowest BCUT2D eigenvalue weighted by Gasteiger charge is -2.22. The van der Waals surface area contributed by atoms with Crippen LogP contribution in [-0.4, -0.2) is 45.7 Å². The van der Waals surface area contributed by atoms with Crippen molar-refractivity contribution in [2.24, 2.45) is 0 Å². The molecule has 2 aromatic carbocycles. The SMILES string of the molecule is c1cc(-c2cnc3ccccc3n2)cc(-c2ccn(C[C@@H]3COCCO3)n2)c1. The average Bonchev–Trinajstić information content (AvgIpc) is 3.23. The Morgan fingerprint density at radius 3 is 2.64 bits per heavy atom. The van der Waals surface area contributed by atoms with Crippen molar-refractivity contribution in [2.45, 2.75) is 12.6 Å². The minimum absolute atomic E-state index is 0.0562. The number of rotatable bonds is 4. The molecular weight excluding hydrogens is 352 g/mol. The fraction of sp³-hybridized carbons (Fsp3) is 0.227. The number of fused-ring (bicyclic) bond motifs is 1. The van der Waals surface area contributed by atoms with Crippen molar-refractivity contribution in [3.63, 3.8) is 0 Å². The van der Waals surface area contributed by atoms with Crippen LogP contribution >= 0.6 is 0 Å². The largest absolute Gasteiger partial charge is 0.376 e. The lowest BCUT2D eigenvalue weighted by Crippen LogP contribution is -2.32. The molecule has 6 nitrogen and oxygen atoms in total. The highest BCUT2D eigenvalue weighted by Gasteiger charge is 2.15. The predicted molar refractivity (Wildman–Crippen MR) is 107 cm³/mol. The van der Waals surface area contributed by atoms with Gasteiger partial charge in [-0.3, -0.25) is 9.67 Å². The van der Waals surface area contributed by atoms with Crippen molar-refractivity contribution >= 4 is 11.0 Å². The van der Waals surface area contributed by atoms with Gasteiger partial charge in [-0.05, 0) is 24.3 Å². The molecule has 0 bridgehead atoms. The number of para-hydroxylation sites is 2. The second kappa shape index (κ2) is 7.50. The van der Waals surface area contributed by atoms with Crippen molar-refractivity contribution in [3.05, 3.63) is 67.0 Å². The van der Waals surface area contributed by atoms with Crippen molar-refractivity contribution in [1.29, 1.82) is 0 Å². The Morgan fingerprint density at radius 2 is 1.79 bits per heavy atom. The van der Waals surface area contributed by atoms with Gasteiger partial charge in [0.2, 0.25) is 0 Å². The molecule has 28 heavy (non-hydrogen) atoms. The van der Waals surface area contributed by atoms with Gasteiger partial charge in [-0.1, -0.05) is 30.3 Å². The maximum atomic E-state index is 5.71. The van der Waals surface area contributed by atoms with Gasteiger partial charge in [0.15, 0.2) is 0 Å². The average molecular weight is 372 g/mol. The fourth-order valence-corrected chi connectivity index (χ4v) is 3.40. The molecule has 0 radical (unpaired) electrons. The van der Waals surface area contributed by atoms with Crippen molar-refractivity contribution in [2.75, 3.05) is 19.8 Å². The summed E-state index contributed by atoms with van der Waals surface area (Å²) in [5.74, 6) is 0. The van der Waals surface area contributed by atoms with Crippen LogP contribution in [0.4, 0.5) is 0 Å². The molecule has 1 atom stereocenters. The monoisotopic (exact) mass is 372 g/mol. The first kappa shape index (κ1) is 17.0. The van der Waals surface area contributed by atoms with Crippen LogP contribution in [0.2, 0.25) is 0 Å². The summed E-state index contributed by atoms with van der Waals surface area (Å²) < 4.78 is 13.1. The summed E-state index contributed by atoms with van der Waals surface area (Å²) in [5, 5.41) is 4.70. The van der Waals surface area contributed by atoms with Gasteiger partial charge < -0.3 is 9.47 Å². The topological polar surface area (TPSA) is 62.1 Å². The number of benzene rings is 2. The van der Waals surface area contributed by atoms with Crippen molar-refractivity contribution < 1.29 is 9.47 Å². The van der Waals surface area contributed by atoms with Gasteiger partial charge in [-0.15, -0.1) is 0 Å². The Balaban J connectivity index is 1.40. The summed E-state index contributed by atoms with van der Waals surface area (Å²) in [7, 11) is 0. The smallest absolute Gasteiger partial charge is 0.100 e. The molecule has 0 saturated carbocycles. The molecule has 140 valence electrons. The van der Waals surface area contributed by atoms with Gasteiger partial charge in [-0.2, -0.15) is 5.10 Å². The third-order valence-electron chi connectivity index (χ3n) is 4.82. The molecule has 4 aromatic rings. The van der Waals surface area contributed by atoms with Gasteiger partial charge in [0.25, 0.3) is 0 Å². The van der Waals surface area contributed by atoms with E-state index in [0.717, 1.165) is 33.5 Å². The van der Waals surface area contributed by atoms with E-state index in [-0.39, 0.29) is 6.10 Å². The molecular formula is C22H20N4O2. The van der Waals surface area contributed by atoms with Crippen LogP contribution < -0.4 is 0 Å². The Kier molecular flexibility index (Phi) is 4.56. The number of hydrogen-bond donors (Lipinski definition) is 0. The first-order valence-corrected chi connectivity index (χ1v) is 9.40. The zero-order valence-corrected chi connectivity index (χ0v) is 15.4. The van der Waals surface area contributed by atoms with E-state index in [4.69, 9.17) is 19.6 Å². The summed E-state index contributed by atoms with van der Waals surface area (Å²) >= 11 is 0. The molecule has 0 amide bonds. The molecule has 1 aliphatic heterocycles. The van der Waals surface area contributed by atoms with Gasteiger partial charge in [0.05, 0.1) is 55.0 Å². The minimum Gasteiger partial charge on any atom is -0.376 e. The third kappa shape index (κ3) is 3.52. The number of hydrogen-bond acceptors (Lipinski definition) is 5. The van der Waals surface area contributed by atoms with Crippen LogP contribution in [0.25, 0.3) is 33.5 Å². The van der Waals surface area contributed by atoms with Gasteiger partial charge >= 0.3 is 0 Å². The van der Waals surface area contributed by atoms with Crippen molar-refractivity contribution in [1.82, 2.24) is 19.7 Å². The Bertz CT molecular complexity index is 1100. The molecule has 0 spiro atoms. The second-order valence-corrected chi connectivity index (χ2v) is 6.82. The number of nitrogens with zero attached hydrogens (tertiary/aromatic N) is 4. The van der Waals surface area contributed by atoms with E-state index in [1.54, 1.807) is 0 Å². The Morgan fingerprint density at radius 1 is 0.929 bits per heavy atom. The first-order chi connectivity index (χ1) is 13.8. The van der Waals surface area contributed by atoms with E-state index < -0.39 is 0 Å². The summed E-state index contributed by atoms with van der Waals surface area (Å²) in [6.45, 7) is 2.63. The highest BCUT2D eigenvalue weighted by atomic mass is 16.6. The van der Waals surface area contributed by atoms with Crippen LogP contribution in [0, 0.1) is 0 Å². The van der Waals surface area contributed by atoms with E-state index in [1.165, 1.54) is 0 Å². The van der Waals surface area contributed by atoms with E-state index >= 15 is 0 Å². The minimum atomic E-state index is 0.0562. The second-order valence-electron chi connectivity index (χ2n) is 6.82. The fourth-order valence-electron chi connectivity index (χ4n) is 3.40. The molecule has 3 heterocycles. The lowest BCUT2D eigenvalue weighted by atomic mass is 10.1. The normalized spacial score (nSPS) is 17.1. The zero-order valence-electron chi connectivity index (χ0n) is 15.4. The van der Waals surface area contributed by atoms with Crippen LogP contribution in [0.5, 0.6) is 0 Å². The molecule has 0 aliphatic carbocycles. The van der Waals surface area contributed by atoms with Gasteiger partial charge in [-0.25, -0.2) is 4.98 Å². The standard InChI is InChI=1S/C22H20N4O2/c1-2-7-21-20(6-1)23-13-22(24-21)17-5-3-4-16(12-17)19-8-9-26(25-19)14-18-15-27-10-11-28-18/h1-9,12-13,18H,10-11,14-15H2/t18-/m1/s1. The summed E-state index contributed by atoms with van der Waals surface area (Å²) in [6, 6.07) is 18.2. The maximum Gasteiger partial charge on any atom is 0.100 e. The molecule has 2 aromatic heterocycles.